The first-order valence-electron chi connectivity index (χ1n) is 6.56. The van der Waals surface area contributed by atoms with Gasteiger partial charge in [-0.05, 0) is 37.6 Å². The molecule has 1 heterocycles. The number of sulfone groups is 1. The fourth-order valence-electron chi connectivity index (χ4n) is 2.70. The van der Waals surface area contributed by atoms with E-state index < -0.39 is 9.84 Å². The Morgan fingerprint density at radius 1 is 1.42 bits per heavy atom. The lowest BCUT2D eigenvalue weighted by Crippen LogP contribution is -2.46. The smallest absolute Gasteiger partial charge is 0.220 e. The fraction of sp³-hybridized carbons (Fsp3) is 0.917. The van der Waals surface area contributed by atoms with Crippen LogP contribution in [0.15, 0.2) is 0 Å². The van der Waals surface area contributed by atoms with Crippen LogP contribution >= 0.6 is 12.4 Å². The molecule has 2 rings (SSSR count). The largest absolute Gasteiger partial charge is 0.352 e. The summed E-state index contributed by atoms with van der Waals surface area (Å²) >= 11 is 0. The number of nitrogens with one attached hydrogen (secondary N) is 2. The van der Waals surface area contributed by atoms with Gasteiger partial charge in [0.25, 0.3) is 0 Å². The third-order valence-electron chi connectivity index (χ3n) is 3.72. The predicted molar refractivity (Wildman–Crippen MR) is 77.3 cm³/mol. The van der Waals surface area contributed by atoms with Gasteiger partial charge >= 0.3 is 0 Å². The molecule has 1 aliphatic carbocycles. The maximum Gasteiger partial charge on any atom is 0.220 e. The Bertz CT molecular complexity index is 415. The van der Waals surface area contributed by atoms with E-state index in [1.165, 1.54) is 6.26 Å². The maximum absolute atomic E-state index is 11.9. The average Bonchev–Trinajstić information content (AvgIpc) is 2.95. The number of rotatable bonds is 5. The van der Waals surface area contributed by atoms with Crippen molar-refractivity contribution in [2.24, 2.45) is 5.41 Å². The van der Waals surface area contributed by atoms with Gasteiger partial charge in [0.15, 0.2) is 0 Å². The second kappa shape index (κ2) is 6.41. The lowest BCUT2D eigenvalue weighted by Gasteiger charge is -2.24. The topological polar surface area (TPSA) is 75.3 Å². The molecule has 0 aromatic rings. The first-order valence-corrected chi connectivity index (χ1v) is 8.62. The van der Waals surface area contributed by atoms with Crippen LogP contribution in [0, 0.1) is 5.41 Å². The van der Waals surface area contributed by atoms with E-state index in [1.54, 1.807) is 0 Å². The molecule has 19 heavy (non-hydrogen) atoms. The van der Waals surface area contributed by atoms with Crippen LogP contribution < -0.4 is 10.6 Å². The van der Waals surface area contributed by atoms with Crippen molar-refractivity contribution in [1.29, 1.82) is 0 Å². The Morgan fingerprint density at radius 2 is 2.11 bits per heavy atom. The van der Waals surface area contributed by atoms with Gasteiger partial charge in [-0.1, -0.05) is 0 Å². The molecule has 0 radical (unpaired) electrons. The second-order valence-electron chi connectivity index (χ2n) is 5.86. The summed E-state index contributed by atoms with van der Waals surface area (Å²) in [5.41, 5.74) is -0.264. The minimum Gasteiger partial charge on any atom is -0.352 e. The Kier molecular flexibility index (Phi) is 5.65. The zero-order chi connectivity index (χ0) is 13.2. The molecule has 2 fully saturated rings. The Hall–Kier alpha value is -0.330. The predicted octanol–water partition coefficient (Wildman–Crippen LogP) is 0.491. The number of carbonyl (C=O) groups is 1. The Labute approximate surface area is 121 Å². The van der Waals surface area contributed by atoms with Gasteiger partial charge in [0.05, 0.1) is 5.75 Å². The Morgan fingerprint density at radius 3 is 2.58 bits per heavy atom. The van der Waals surface area contributed by atoms with Crippen molar-refractivity contribution in [3.05, 3.63) is 0 Å². The van der Waals surface area contributed by atoms with Gasteiger partial charge in [0.1, 0.15) is 9.84 Å². The zero-order valence-corrected chi connectivity index (χ0v) is 12.9. The maximum atomic E-state index is 11.9. The van der Waals surface area contributed by atoms with Crippen LogP contribution in [0.25, 0.3) is 0 Å². The van der Waals surface area contributed by atoms with Crippen molar-refractivity contribution in [2.45, 2.75) is 38.1 Å². The molecular weight excluding hydrogens is 288 g/mol. The molecule has 5 nitrogen and oxygen atoms in total. The van der Waals surface area contributed by atoms with Gasteiger partial charge in [-0.3, -0.25) is 4.79 Å². The van der Waals surface area contributed by atoms with Crippen LogP contribution in [0.2, 0.25) is 0 Å². The quantitative estimate of drug-likeness (QED) is 0.775. The molecule has 1 atom stereocenters. The summed E-state index contributed by atoms with van der Waals surface area (Å²) in [4.78, 5) is 11.9. The standard InChI is InChI=1S/C12H22N2O3S.ClH/c1-18(16,17)9-12(4-5-12)7-11(15)14-10-3-2-6-13-8-10;/h10,13H,2-9H2,1H3,(H,14,15);1H/t10-;/m0./s1. The highest BCUT2D eigenvalue weighted by Crippen LogP contribution is 2.49. The summed E-state index contributed by atoms with van der Waals surface area (Å²) in [5.74, 6) is 0.154. The molecule has 7 heteroatoms. The van der Waals surface area contributed by atoms with E-state index in [9.17, 15) is 13.2 Å². The number of hydrogen-bond acceptors (Lipinski definition) is 4. The molecule has 1 saturated heterocycles. The van der Waals surface area contributed by atoms with Crippen LogP contribution in [0.5, 0.6) is 0 Å². The lowest BCUT2D eigenvalue weighted by atomic mass is 10.0. The van der Waals surface area contributed by atoms with Crippen LogP contribution in [-0.2, 0) is 14.6 Å². The second-order valence-corrected chi connectivity index (χ2v) is 8.00. The van der Waals surface area contributed by atoms with Gasteiger partial charge in [-0.25, -0.2) is 8.42 Å². The summed E-state index contributed by atoms with van der Waals surface area (Å²) < 4.78 is 22.6. The highest BCUT2D eigenvalue weighted by Gasteiger charge is 2.46. The summed E-state index contributed by atoms with van der Waals surface area (Å²) in [6, 6.07) is 0.209. The highest BCUT2D eigenvalue weighted by atomic mass is 35.5. The van der Waals surface area contributed by atoms with E-state index in [0.29, 0.717) is 6.42 Å². The average molecular weight is 311 g/mol. The molecule has 2 N–H and O–H groups in total. The van der Waals surface area contributed by atoms with Gasteiger partial charge < -0.3 is 10.6 Å². The van der Waals surface area contributed by atoms with Crippen molar-refractivity contribution in [2.75, 3.05) is 25.1 Å². The van der Waals surface area contributed by atoms with Crippen molar-refractivity contribution in [3.8, 4) is 0 Å². The van der Waals surface area contributed by atoms with Crippen LogP contribution in [0.3, 0.4) is 0 Å². The third-order valence-corrected chi connectivity index (χ3v) is 4.86. The van der Waals surface area contributed by atoms with E-state index in [1.807, 2.05) is 0 Å². The van der Waals surface area contributed by atoms with Crippen molar-refractivity contribution in [1.82, 2.24) is 10.6 Å². The Balaban J connectivity index is 0.00000180. The van der Waals surface area contributed by atoms with E-state index in [-0.39, 0.29) is 35.5 Å². The number of amides is 1. The van der Waals surface area contributed by atoms with E-state index in [2.05, 4.69) is 10.6 Å². The summed E-state index contributed by atoms with van der Waals surface area (Å²) in [7, 11) is -2.99. The van der Waals surface area contributed by atoms with Gasteiger partial charge in [0, 0.05) is 25.3 Å². The van der Waals surface area contributed by atoms with Gasteiger partial charge in [-0.15, -0.1) is 12.4 Å². The summed E-state index contributed by atoms with van der Waals surface area (Å²) in [6.07, 6.45) is 5.41. The van der Waals surface area contributed by atoms with E-state index in [0.717, 1.165) is 38.8 Å². The third kappa shape index (κ3) is 5.67. The molecule has 2 aliphatic rings. The molecular formula is C12H23ClN2O3S. The normalized spacial score (nSPS) is 25.2. The minimum atomic E-state index is -2.99. The monoisotopic (exact) mass is 310 g/mol. The van der Waals surface area contributed by atoms with E-state index in [4.69, 9.17) is 0 Å². The zero-order valence-electron chi connectivity index (χ0n) is 11.3. The van der Waals surface area contributed by atoms with Crippen LogP contribution in [-0.4, -0.2) is 45.5 Å². The minimum absolute atomic E-state index is 0. The van der Waals surface area contributed by atoms with E-state index >= 15 is 0 Å². The molecule has 1 aliphatic heterocycles. The molecule has 0 bridgehead atoms. The first kappa shape index (κ1) is 16.7. The highest BCUT2D eigenvalue weighted by molar-refractivity contribution is 7.90. The molecule has 1 saturated carbocycles. The molecule has 0 unspecified atom stereocenters. The van der Waals surface area contributed by atoms with Crippen LogP contribution in [0.1, 0.15) is 32.1 Å². The fourth-order valence-corrected chi connectivity index (χ4v) is 4.20. The van der Waals surface area contributed by atoms with Crippen molar-refractivity contribution >= 4 is 28.2 Å². The number of halogens is 1. The lowest BCUT2D eigenvalue weighted by molar-refractivity contribution is -0.122. The first-order chi connectivity index (χ1) is 8.39. The van der Waals surface area contributed by atoms with Gasteiger partial charge in [-0.2, -0.15) is 0 Å². The van der Waals surface area contributed by atoms with Crippen molar-refractivity contribution < 1.29 is 13.2 Å². The summed E-state index contributed by atoms with van der Waals surface area (Å²) in [6.45, 7) is 1.84. The number of piperidine rings is 1. The molecule has 0 aromatic carbocycles. The van der Waals surface area contributed by atoms with Crippen LogP contribution in [0.4, 0.5) is 0 Å². The molecule has 0 aromatic heterocycles. The molecule has 112 valence electrons. The van der Waals surface area contributed by atoms with Gasteiger partial charge in [0.2, 0.25) is 5.91 Å². The summed E-state index contributed by atoms with van der Waals surface area (Å²) in [5, 5.41) is 6.25. The molecule has 0 spiro atoms. The number of hydrogen-bond donors (Lipinski definition) is 2. The SMILES string of the molecule is CS(=O)(=O)CC1(CC(=O)N[C@H]2CCCNC2)CC1.Cl. The number of carbonyl (C=O) groups excluding carboxylic acids is 1. The molecule has 1 amide bonds. The van der Waals surface area contributed by atoms with Crippen molar-refractivity contribution in [3.63, 3.8) is 0 Å².